The van der Waals surface area contributed by atoms with Crippen LogP contribution in [0.4, 0.5) is 0 Å². The molecule has 0 spiro atoms. The highest BCUT2D eigenvalue weighted by Crippen LogP contribution is 2.28. The second-order valence-electron chi connectivity index (χ2n) is 5.08. The topological polar surface area (TPSA) is 82.0 Å². The number of hydrogen-bond acceptors (Lipinski definition) is 5. The molecule has 2 aromatic carbocycles. The molecule has 0 bridgehead atoms. The Morgan fingerprint density at radius 3 is 2.29 bits per heavy atom. The molecule has 0 atom stereocenters. The number of benzene rings is 2. The van der Waals surface area contributed by atoms with Crippen LogP contribution in [0.2, 0.25) is 0 Å². The van der Waals surface area contributed by atoms with E-state index in [0.29, 0.717) is 6.54 Å². The van der Waals surface area contributed by atoms with Crippen LogP contribution in [0.3, 0.4) is 0 Å². The van der Waals surface area contributed by atoms with E-state index in [0.717, 1.165) is 22.1 Å². The third-order valence-electron chi connectivity index (χ3n) is 3.77. The van der Waals surface area contributed by atoms with Crippen molar-refractivity contribution < 1.29 is 20.1 Å². The first-order chi connectivity index (χ1) is 10.2. The van der Waals surface area contributed by atoms with Crippen LogP contribution in [0.15, 0.2) is 36.4 Å². The molecule has 2 aromatic rings. The lowest BCUT2D eigenvalue weighted by Crippen LogP contribution is -2.54. The quantitative estimate of drug-likeness (QED) is 0.602. The summed E-state index contributed by atoms with van der Waals surface area (Å²) in [4.78, 5) is 0. The van der Waals surface area contributed by atoms with Crippen LogP contribution in [-0.2, 0) is 6.54 Å². The molecule has 2 rings (SSSR count). The maximum atomic E-state index is 9.38. The first kappa shape index (κ1) is 15.7. The number of aliphatic hydroxyl groups is 3. The fraction of sp³-hybridized carbons (Fsp3) is 0.375. The maximum Gasteiger partial charge on any atom is 0.123 e. The summed E-state index contributed by atoms with van der Waals surface area (Å²) in [6, 6.07) is 11.8. The molecule has 0 amide bonds. The average Bonchev–Trinajstić information content (AvgIpc) is 2.56. The number of nitrogens with one attached hydrogen (secondary N) is 1. The summed E-state index contributed by atoms with van der Waals surface area (Å²) in [6.45, 7) is -0.695. The van der Waals surface area contributed by atoms with Crippen molar-refractivity contribution in [2.24, 2.45) is 0 Å². The number of ether oxygens (including phenoxy) is 1. The van der Waals surface area contributed by atoms with E-state index < -0.39 is 5.54 Å². The molecular weight excluding hydrogens is 270 g/mol. The summed E-state index contributed by atoms with van der Waals surface area (Å²) >= 11 is 0. The number of rotatable bonds is 7. The van der Waals surface area contributed by atoms with Gasteiger partial charge in [0.15, 0.2) is 0 Å². The number of methoxy groups -OCH3 is 1. The van der Waals surface area contributed by atoms with Crippen LogP contribution in [0, 0.1) is 0 Å². The number of aliphatic hydroxyl groups excluding tert-OH is 3. The van der Waals surface area contributed by atoms with E-state index in [4.69, 9.17) is 4.74 Å². The molecule has 4 N–H and O–H groups in total. The Labute approximate surface area is 123 Å². The number of fused-ring (bicyclic) bond motifs is 1. The van der Waals surface area contributed by atoms with Gasteiger partial charge in [-0.2, -0.15) is 0 Å². The largest absolute Gasteiger partial charge is 0.496 e. The van der Waals surface area contributed by atoms with Crippen molar-refractivity contribution in [3.63, 3.8) is 0 Å². The average molecular weight is 291 g/mol. The second-order valence-corrected chi connectivity index (χ2v) is 5.08. The zero-order valence-electron chi connectivity index (χ0n) is 12.0. The van der Waals surface area contributed by atoms with E-state index in [-0.39, 0.29) is 19.8 Å². The molecule has 5 nitrogen and oxygen atoms in total. The molecule has 0 aliphatic rings. The number of hydrogen-bond donors (Lipinski definition) is 4. The zero-order valence-corrected chi connectivity index (χ0v) is 12.0. The van der Waals surface area contributed by atoms with Gasteiger partial charge in [0.1, 0.15) is 5.75 Å². The minimum Gasteiger partial charge on any atom is -0.496 e. The Kier molecular flexibility index (Phi) is 5.14. The van der Waals surface area contributed by atoms with Crippen molar-refractivity contribution in [3.05, 3.63) is 42.0 Å². The summed E-state index contributed by atoms with van der Waals surface area (Å²) in [5.41, 5.74) is -0.183. The molecular formula is C16H21NO4. The molecule has 0 aromatic heterocycles. The summed E-state index contributed by atoms with van der Waals surface area (Å²) in [5.74, 6) is 0.726. The highest BCUT2D eigenvalue weighted by Gasteiger charge is 2.27. The van der Waals surface area contributed by atoms with E-state index in [9.17, 15) is 15.3 Å². The summed E-state index contributed by atoms with van der Waals surface area (Å²) in [6.07, 6.45) is 0. The lowest BCUT2D eigenvalue weighted by molar-refractivity contribution is 0.0413. The van der Waals surface area contributed by atoms with Gasteiger partial charge in [-0.05, 0) is 16.8 Å². The van der Waals surface area contributed by atoms with Gasteiger partial charge in [0.2, 0.25) is 0 Å². The second kappa shape index (κ2) is 6.87. The van der Waals surface area contributed by atoms with Crippen LogP contribution in [-0.4, -0.2) is 47.8 Å². The molecule has 0 unspecified atom stereocenters. The van der Waals surface area contributed by atoms with Gasteiger partial charge in [0.25, 0.3) is 0 Å². The standard InChI is InChI=1S/C16H21NO4/c1-21-15-7-6-12-4-2-3-5-13(12)14(15)8-17-16(9-18,10-19)11-20/h2-7,17-20H,8-11H2,1H3. The Hall–Kier alpha value is -1.66. The van der Waals surface area contributed by atoms with E-state index in [1.165, 1.54) is 0 Å². The Morgan fingerprint density at radius 2 is 1.67 bits per heavy atom. The first-order valence-electron chi connectivity index (χ1n) is 6.82. The molecule has 0 saturated carbocycles. The SMILES string of the molecule is COc1ccc2ccccc2c1CNC(CO)(CO)CO. The van der Waals surface area contributed by atoms with Gasteiger partial charge in [0.05, 0.1) is 32.5 Å². The van der Waals surface area contributed by atoms with Crippen LogP contribution >= 0.6 is 0 Å². The normalized spacial score (nSPS) is 11.8. The smallest absolute Gasteiger partial charge is 0.123 e. The molecule has 0 radical (unpaired) electrons. The third-order valence-corrected chi connectivity index (χ3v) is 3.77. The lowest BCUT2D eigenvalue weighted by atomic mass is 10.00. The van der Waals surface area contributed by atoms with Gasteiger partial charge < -0.3 is 25.4 Å². The predicted molar refractivity (Wildman–Crippen MR) is 81.3 cm³/mol. The predicted octanol–water partition coefficient (Wildman–Crippen LogP) is 0.654. The van der Waals surface area contributed by atoms with Crippen LogP contribution < -0.4 is 10.1 Å². The molecule has 21 heavy (non-hydrogen) atoms. The Morgan fingerprint density at radius 1 is 1.00 bits per heavy atom. The van der Waals surface area contributed by atoms with E-state index in [1.807, 2.05) is 36.4 Å². The highest BCUT2D eigenvalue weighted by atomic mass is 16.5. The molecule has 0 heterocycles. The van der Waals surface area contributed by atoms with E-state index in [1.54, 1.807) is 7.11 Å². The fourth-order valence-corrected chi connectivity index (χ4v) is 2.28. The van der Waals surface area contributed by atoms with Crippen molar-refractivity contribution in [2.75, 3.05) is 26.9 Å². The Balaban J connectivity index is 2.36. The zero-order chi connectivity index (χ0) is 15.3. The monoisotopic (exact) mass is 291 g/mol. The maximum absolute atomic E-state index is 9.38. The van der Waals surface area contributed by atoms with E-state index in [2.05, 4.69) is 5.32 Å². The molecule has 0 saturated heterocycles. The van der Waals surface area contributed by atoms with Crippen molar-refractivity contribution in [1.82, 2.24) is 5.32 Å². The molecule has 114 valence electrons. The van der Waals surface area contributed by atoms with Gasteiger partial charge in [-0.3, -0.25) is 0 Å². The summed E-state index contributed by atoms with van der Waals surface area (Å²) in [7, 11) is 1.60. The van der Waals surface area contributed by atoms with Gasteiger partial charge in [-0.1, -0.05) is 30.3 Å². The van der Waals surface area contributed by atoms with Gasteiger partial charge in [-0.25, -0.2) is 0 Å². The Bertz CT molecular complexity index is 588. The minimum atomic E-state index is -1.11. The molecule has 5 heteroatoms. The highest BCUT2D eigenvalue weighted by molar-refractivity contribution is 5.87. The van der Waals surface area contributed by atoms with Crippen molar-refractivity contribution >= 4 is 10.8 Å². The van der Waals surface area contributed by atoms with Gasteiger partial charge >= 0.3 is 0 Å². The van der Waals surface area contributed by atoms with Crippen LogP contribution in [0.1, 0.15) is 5.56 Å². The van der Waals surface area contributed by atoms with Crippen molar-refractivity contribution in [1.29, 1.82) is 0 Å². The van der Waals surface area contributed by atoms with Gasteiger partial charge in [0, 0.05) is 12.1 Å². The molecule has 0 aliphatic heterocycles. The fourth-order valence-electron chi connectivity index (χ4n) is 2.28. The lowest BCUT2D eigenvalue weighted by Gasteiger charge is -2.29. The van der Waals surface area contributed by atoms with Crippen LogP contribution in [0.5, 0.6) is 5.75 Å². The summed E-state index contributed by atoms with van der Waals surface area (Å²) < 4.78 is 5.39. The van der Waals surface area contributed by atoms with Crippen molar-refractivity contribution in [2.45, 2.75) is 12.1 Å². The third kappa shape index (κ3) is 3.16. The van der Waals surface area contributed by atoms with E-state index >= 15 is 0 Å². The minimum absolute atomic E-state index is 0.354. The summed E-state index contributed by atoms with van der Waals surface area (Å²) in [5, 5.41) is 33.3. The van der Waals surface area contributed by atoms with Gasteiger partial charge in [-0.15, -0.1) is 0 Å². The van der Waals surface area contributed by atoms with Crippen LogP contribution in [0.25, 0.3) is 10.8 Å². The molecule has 0 aliphatic carbocycles. The van der Waals surface area contributed by atoms with Crippen molar-refractivity contribution in [3.8, 4) is 5.75 Å². The first-order valence-corrected chi connectivity index (χ1v) is 6.82. The molecule has 0 fully saturated rings.